The standard InChI is InChI=1S/C18H28FN3O2S.HI/c1-20-17(22-13-18(6-9-23)7-10-24-14-18)21-8-11-25-12-15-4-2-3-5-16(15)19;/h2-5,23H,6-14H2,1H3,(H2,20,21,22);1H. The van der Waals surface area contributed by atoms with Gasteiger partial charge in [0.05, 0.1) is 6.61 Å². The number of thioether (sulfide) groups is 1. The first kappa shape index (κ1) is 23.5. The van der Waals surface area contributed by atoms with Crippen LogP contribution in [-0.4, -0.2) is 56.8 Å². The minimum atomic E-state index is -0.145. The van der Waals surface area contributed by atoms with Gasteiger partial charge in [0, 0.05) is 50.3 Å². The van der Waals surface area contributed by atoms with Gasteiger partial charge in [-0.15, -0.1) is 24.0 Å². The summed E-state index contributed by atoms with van der Waals surface area (Å²) in [4.78, 5) is 4.23. The molecule has 8 heteroatoms. The molecule has 0 amide bonds. The third kappa shape index (κ3) is 7.58. The van der Waals surface area contributed by atoms with E-state index >= 15 is 0 Å². The molecule has 0 saturated carbocycles. The van der Waals surface area contributed by atoms with E-state index in [4.69, 9.17) is 4.74 Å². The van der Waals surface area contributed by atoms with E-state index in [-0.39, 0.29) is 41.8 Å². The fourth-order valence-corrected chi connectivity index (χ4v) is 3.69. The van der Waals surface area contributed by atoms with Crippen LogP contribution in [0.3, 0.4) is 0 Å². The SMILES string of the molecule is CN=C(NCCSCc1ccccc1F)NCC1(CCO)CCOC1.I. The van der Waals surface area contributed by atoms with Crippen molar-refractivity contribution in [3.63, 3.8) is 0 Å². The zero-order valence-electron chi connectivity index (χ0n) is 15.2. The number of benzene rings is 1. The maximum absolute atomic E-state index is 13.5. The van der Waals surface area contributed by atoms with Gasteiger partial charge in [-0.05, 0) is 24.5 Å². The minimum absolute atomic E-state index is 0. The molecule has 1 saturated heterocycles. The second-order valence-electron chi connectivity index (χ2n) is 6.27. The Balaban J connectivity index is 0.00000338. The summed E-state index contributed by atoms with van der Waals surface area (Å²) in [6, 6.07) is 6.88. The molecule has 1 unspecified atom stereocenters. The Hall–Kier alpha value is -0.580. The van der Waals surface area contributed by atoms with E-state index in [1.54, 1.807) is 24.9 Å². The van der Waals surface area contributed by atoms with Crippen LogP contribution in [0.5, 0.6) is 0 Å². The largest absolute Gasteiger partial charge is 0.396 e. The Morgan fingerprint density at radius 2 is 2.19 bits per heavy atom. The topological polar surface area (TPSA) is 65.9 Å². The van der Waals surface area contributed by atoms with Crippen LogP contribution in [-0.2, 0) is 10.5 Å². The van der Waals surface area contributed by atoms with E-state index in [0.29, 0.717) is 12.4 Å². The molecule has 0 bridgehead atoms. The highest BCUT2D eigenvalue weighted by atomic mass is 127. The van der Waals surface area contributed by atoms with E-state index in [2.05, 4.69) is 15.6 Å². The molecule has 0 aromatic heterocycles. The average Bonchev–Trinajstić information content (AvgIpc) is 3.08. The van der Waals surface area contributed by atoms with Crippen LogP contribution in [0.2, 0.25) is 0 Å². The lowest BCUT2D eigenvalue weighted by Crippen LogP contribution is -2.45. The minimum Gasteiger partial charge on any atom is -0.396 e. The van der Waals surface area contributed by atoms with Crippen molar-refractivity contribution >= 4 is 41.7 Å². The maximum atomic E-state index is 13.5. The van der Waals surface area contributed by atoms with Gasteiger partial charge < -0.3 is 20.5 Å². The van der Waals surface area contributed by atoms with E-state index in [9.17, 15) is 9.50 Å². The summed E-state index contributed by atoms with van der Waals surface area (Å²) in [7, 11) is 1.74. The normalized spacial score (nSPS) is 19.9. The Morgan fingerprint density at radius 1 is 1.38 bits per heavy atom. The first-order chi connectivity index (χ1) is 12.2. The van der Waals surface area contributed by atoms with E-state index in [1.165, 1.54) is 6.07 Å². The molecule has 0 aliphatic carbocycles. The van der Waals surface area contributed by atoms with Crippen molar-refractivity contribution in [2.75, 3.05) is 45.7 Å². The lowest BCUT2D eigenvalue weighted by atomic mass is 9.84. The highest BCUT2D eigenvalue weighted by Gasteiger charge is 2.34. The average molecular weight is 497 g/mol. The molecule has 3 N–H and O–H groups in total. The van der Waals surface area contributed by atoms with Crippen LogP contribution in [0.15, 0.2) is 29.3 Å². The number of hydrogen-bond acceptors (Lipinski definition) is 4. The first-order valence-corrected chi connectivity index (χ1v) is 9.79. The molecular formula is C18H29FIN3O2S. The number of aliphatic imine (C=N–C) groups is 1. The van der Waals surface area contributed by atoms with E-state index < -0.39 is 0 Å². The third-order valence-corrected chi connectivity index (χ3v) is 5.44. The molecule has 1 aromatic carbocycles. The van der Waals surface area contributed by atoms with Gasteiger partial charge in [0.15, 0.2) is 5.96 Å². The number of aliphatic hydroxyl groups excluding tert-OH is 1. The highest BCUT2D eigenvalue weighted by Crippen LogP contribution is 2.31. The van der Waals surface area contributed by atoms with Crippen molar-refractivity contribution in [2.45, 2.75) is 18.6 Å². The van der Waals surface area contributed by atoms with Crippen molar-refractivity contribution in [1.29, 1.82) is 0 Å². The Kier molecular flexibility index (Phi) is 11.5. The predicted octanol–water partition coefficient (Wildman–Crippen LogP) is 2.63. The van der Waals surface area contributed by atoms with Gasteiger partial charge in [-0.3, -0.25) is 4.99 Å². The van der Waals surface area contributed by atoms with Crippen molar-refractivity contribution < 1.29 is 14.2 Å². The van der Waals surface area contributed by atoms with Crippen molar-refractivity contribution in [1.82, 2.24) is 10.6 Å². The van der Waals surface area contributed by atoms with Crippen LogP contribution in [0.25, 0.3) is 0 Å². The van der Waals surface area contributed by atoms with Gasteiger partial charge in [0.2, 0.25) is 0 Å². The fourth-order valence-electron chi connectivity index (χ4n) is 2.84. The number of nitrogens with one attached hydrogen (secondary N) is 2. The quantitative estimate of drug-likeness (QED) is 0.212. The van der Waals surface area contributed by atoms with Crippen molar-refractivity contribution in [3.8, 4) is 0 Å². The summed E-state index contributed by atoms with van der Waals surface area (Å²) >= 11 is 1.69. The molecule has 1 aliphatic heterocycles. The fraction of sp³-hybridized carbons (Fsp3) is 0.611. The number of rotatable bonds is 9. The molecule has 5 nitrogen and oxygen atoms in total. The van der Waals surface area contributed by atoms with Gasteiger partial charge in [-0.25, -0.2) is 4.39 Å². The molecule has 1 aromatic rings. The van der Waals surface area contributed by atoms with Crippen LogP contribution in [0.4, 0.5) is 4.39 Å². The molecule has 0 radical (unpaired) electrons. The highest BCUT2D eigenvalue weighted by molar-refractivity contribution is 14.0. The maximum Gasteiger partial charge on any atom is 0.191 e. The van der Waals surface area contributed by atoms with Gasteiger partial charge >= 0.3 is 0 Å². The van der Waals surface area contributed by atoms with Gasteiger partial charge in [-0.2, -0.15) is 11.8 Å². The molecule has 1 atom stereocenters. The predicted molar refractivity (Wildman–Crippen MR) is 117 cm³/mol. The third-order valence-electron chi connectivity index (χ3n) is 4.44. The summed E-state index contributed by atoms with van der Waals surface area (Å²) in [6.07, 6.45) is 1.69. The second kappa shape index (κ2) is 12.7. The summed E-state index contributed by atoms with van der Waals surface area (Å²) in [5.74, 6) is 2.13. The zero-order chi connectivity index (χ0) is 18.0. The van der Waals surface area contributed by atoms with Gasteiger partial charge in [0.25, 0.3) is 0 Å². The van der Waals surface area contributed by atoms with E-state index in [0.717, 1.165) is 49.8 Å². The smallest absolute Gasteiger partial charge is 0.191 e. The van der Waals surface area contributed by atoms with Crippen LogP contribution >= 0.6 is 35.7 Å². The molecule has 2 rings (SSSR count). The lowest BCUT2D eigenvalue weighted by Gasteiger charge is -2.27. The van der Waals surface area contributed by atoms with Crippen LogP contribution in [0, 0.1) is 11.2 Å². The molecule has 1 fully saturated rings. The van der Waals surface area contributed by atoms with Gasteiger partial charge in [-0.1, -0.05) is 18.2 Å². The Labute approximate surface area is 176 Å². The van der Waals surface area contributed by atoms with Crippen LogP contribution < -0.4 is 10.6 Å². The number of hydrogen-bond donors (Lipinski definition) is 3. The molecule has 26 heavy (non-hydrogen) atoms. The second-order valence-corrected chi connectivity index (χ2v) is 7.38. The summed E-state index contributed by atoms with van der Waals surface area (Å²) in [5.41, 5.74) is 0.730. The summed E-state index contributed by atoms with van der Waals surface area (Å²) in [6.45, 7) is 3.08. The molecular weight excluding hydrogens is 468 g/mol. The Bertz CT molecular complexity index is 557. The first-order valence-electron chi connectivity index (χ1n) is 8.63. The van der Waals surface area contributed by atoms with Crippen molar-refractivity contribution in [3.05, 3.63) is 35.6 Å². The summed E-state index contributed by atoms with van der Waals surface area (Å²) < 4.78 is 19.0. The zero-order valence-corrected chi connectivity index (χ0v) is 18.3. The Morgan fingerprint density at radius 3 is 2.85 bits per heavy atom. The van der Waals surface area contributed by atoms with E-state index in [1.807, 2.05) is 12.1 Å². The van der Waals surface area contributed by atoms with Gasteiger partial charge in [0.1, 0.15) is 5.82 Å². The van der Waals surface area contributed by atoms with Crippen molar-refractivity contribution in [2.24, 2.45) is 10.4 Å². The lowest BCUT2D eigenvalue weighted by molar-refractivity contribution is 0.127. The monoisotopic (exact) mass is 497 g/mol. The molecule has 148 valence electrons. The number of halogens is 2. The number of aliphatic hydroxyl groups is 1. The number of nitrogens with zero attached hydrogens (tertiary/aromatic N) is 1. The molecule has 0 spiro atoms. The van der Waals surface area contributed by atoms with Crippen LogP contribution in [0.1, 0.15) is 18.4 Å². The summed E-state index contributed by atoms with van der Waals surface area (Å²) in [5, 5.41) is 15.9. The molecule has 1 heterocycles. The molecule has 1 aliphatic rings. The number of guanidine groups is 1. The number of ether oxygens (including phenoxy) is 1.